The highest BCUT2D eigenvalue weighted by Gasteiger charge is 2.59. The molecule has 7 rings (SSSR count). The van der Waals surface area contributed by atoms with Crippen molar-refractivity contribution in [3.8, 4) is 34.5 Å². The van der Waals surface area contributed by atoms with Crippen LogP contribution in [0.4, 0.5) is 0 Å². The van der Waals surface area contributed by atoms with Crippen molar-refractivity contribution >= 4 is 0 Å². The van der Waals surface area contributed by atoms with Crippen molar-refractivity contribution in [1.82, 2.24) is 0 Å². The van der Waals surface area contributed by atoms with E-state index in [9.17, 15) is 25.5 Å². The maximum Gasteiger partial charge on any atom is 0.160 e. The number of aromatic hydroxyl groups is 4. The Morgan fingerprint density at radius 2 is 1.21 bits per heavy atom. The van der Waals surface area contributed by atoms with Crippen LogP contribution in [0.15, 0.2) is 83.9 Å². The second-order valence-corrected chi connectivity index (χ2v) is 13.2. The molecular weight excluding hydrogens is 612 g/mol. The molecule has 1 aliphatic carbocycles. The fourth-order valence-corrected chi connectivity index (χ4v) is 7.89. The van der Waals surface area contributed by atoms with Crippen LogP contribution in [0, 0.1) is 19.3 Å². The van der Waals surface area contributed by atoms with Crippen molar-refractivity contribution in [2.24, 2.45) is 5.41 Å². The van der Waals surface area contributed by atoms with Crippen LogP contribution in [0.1, 0.15) is 77.1 Å². The maximum atomic E-state index is 12.4. The molecule has 9 heteroatoms. The third-order valence-electron chi connectivity index (χ3n) is 10.5. The van der Waals surface area contributed by atoms with Crippen molar-refractivity contribution < 1.29 is 44.5 Å². The van der Waals surface area contributed by atoms with Crippen LogP contribution in [0.3, 0.4) is 0 Å². The molecule has 0 aromatic heterocycles. The number of benzene rings is 4. The smallest absolute Gasteiger partial charge is 0.160 e. The molecular formula is C39H40O9. The lowest BCUT2D eigenvalue weighted by Crippen LogP contribution is -2.39. The quantitative estimate of drug-likeness (QED) is 0.136. The molecule has 1 fully saturated rings. The minimum absolute atomic E-state index is 0.0188. The highest BCUT2D eigenvalue weighted by molar-refractivity contribution is 5.50. The van der Waals surface area contributed by atoms with Crippen LogP contribution in [0.25, 0.3) is 0 Å². The molecule has 1 spiro atoms. The summed E-state index contributed by atoms with van der Waals surface area (Å²) in [5, 5.41) is 54.1. The maximum absolute atomic E-state index is 12.4. The van der Waals surface area contributed by atoms with E-state index in [1.165, 1.54) is 14.2 Å². The number of hydrogen-bond acceptors (Lipinski definition) is 9. The van der Waals surface area contributed by atoms with Crippen LogP contribution in [-0.4, -0.2) is 45.9 Å². The number of aryl methyl sites for hydroxylation is 2. The lowest BCUT2D eigenvalue weighted by Gasteiger charge is -2.41. The molecule has 0 saturated carbocycles. The first-order valence-electron chi connectivity index (χ1n) is 16.1. The summed E-state index contributed by atoms with van der Waals surface area (Å²) in [4.78, 5) is 0. The summed E-state index contributed by atoms with van der Waals surface area (Å²) in [6, 6.07) is 21.1. The number of phenols is 4. The van der Waals surface area contributed by atoms with E-state index in [1.54, 1.807) is 42.5 Å². The second-order valence-electron chi connectivity index (χ2n) is 13.2. The zero-order valence-electron chi connectivity index (χ0n) is 27.3. The van der Waals surface area contributed by atoms with Crippen molar-refractivity contribution in [1.29, 1.82) is 0 Å². The Morgan fingerprint density at radius 3 is 1.85 bits per heavy atom. The standard InChI is InChI=1S/C39H40O9/c1-20-15-22(5-9-28(20)40)34-26-13-14-39(19-27(26)35(47-34)24-7-11-30(42)33(18-24)46-4)37(44)36(23-6-10-29(41)21(2)16-23)48-38(39)25-8-12-32(45-3)31(43)17-25/h5-12,15-18,34-38,40-44H,13-14,19H2,1-4H3/t34-,35+,36+,37+,38-,39+/m0/s1. The molecule has 5 N–H and O–H groups in total. The predicted molar refractivity (Wildman–Crippen MR) is 177 cm³/mol. The Balaban J connectivity index is 1.37. The highest BCUT2D eigenvalue weighted by Crippen LogP contribution is 2.65. The summed E-state index contributed by atoms with van der Waals surface area (Å²) in [5.74, 6) is 1.03. The van der Waals surface area contributed by atoms with Gasteiger partial charge in [-0.05, 0) is 126 Å². The average molecular weight is 653 g/mol. The first kappa shape index (κ1) is 31.9. The lowest BCUT2D eigenvalue weighted by atomic mass is 9.62. The van der Waals surface area contributed by atoms with Crippen LogP contribution in [-0.2, 0) is 9.47 Å². The molecule has 48 heavy (non-hydrogen) atoms. The monoisotopic (exact) mass is 652 g/mol. The molecule has 2 heterocycles. The summed E-state index contributed by atoms with van der Waals surface area (Å²) >= 11 is 0. The van der Waals surface area contributed by atoms with Crippen LogP contribution < -0.4 is 9.47 Å². The number of rotatable bonds is 6. The van der Waals surface area contributed by atoms with Gasteiger partial charge in [-0.25, -0.2) is 0 Å². The summed E-state index contributed by atoms with van der Waals surface area (Å²) < 4.78 is 24.5. The Morgan fingerprint density at radius 1 is 0.625 bits per heavy atom. The normalized spacial score (nSPS) is 26.6. The Labute approximate surface area is 279 Å². The van der Waals surface area contributed by atoms with Crippen molar-refractivity contribution in [2.75, 3.05) is 14.2 Å². The van der Waals surface area contributed by atoms with Crippen LogP contribution >= 0.6 is 0 Å². The van der Waals surface area contributed by atoms with E-state index in [0.717, 1.165) is 33.4 Å². The third kappa shape index (κ3) is 5.13. The van der Waals surface area contributed by atoms with Gasteiger partial charge in [0.2, 0.25) is 0 Å². The summed E-state index contributed by atoms with van der Waals surface area (Å²) in [6.07, 6.45) is -1.57. The molecule has 0 amide bonds. The molecule has 0 unspecified atom stereocenters. The summed E-state index contributed by atoms with van der Waals surface area (Å²) in [7, 11) is 3.00. The number of methoxy groups -OCH3 is 2. The number of aliphatic hydroxyl groups excluding tert-OH is 1. The first-order valence-corrected chi connectivity index (χ1v) is 16.1. The number of hydrogen-bond donors (Lipinski definition) is 5. The largest absolute Gasteiger partial charge is 0.508 e. The third-order valence-corrected chi connectivity index (χ3v) is 10.5. The average Bonchev–Trinajstić information content (AvgIpc) is 3.59. The highest BCUT2D eigenvalue weighted by atomic mass is 16.5. The topological polar surface area (TPSA) is 138 Å². The summed E-state index contributed by atoms with van der Waals surface area (Å²) in [6.45, 7) is 3.66. The zero-order valence-corrected chi connectivity index (χ0v) is 27.3. The van der Waals surface area contributed by atoms with Crippen LogP contribution in [0.2, 0.25) is 0 Å². The Kier molecular flexibility index (Phi) is 8.02. The first-order chi connectivity index (χ1) is 23.0. The summed E-state index contributed by atoms with van der Waals surface area (Å²) in [5.41, 5.74) is 5.88. The molecule has 6 atom stereocenters. The van der Waals surface area contributed by atoms with Crippen molar-refractivity contribution in [2.45, 2.75) is 63.6 Å². The van der Waals surface area contributed by atoms with E-state index in [0.29, 0.717) is 41.9 Å². The van der Waals surface area contributed by atoms with Crippen molar-refractivity contribution in [3.63, 3.8) is 0 Å². The van der Waals surface area contributed by atoms with E-state index in [-0.39, 0.29) is 29.1 Å². The molecule has 3 aliphatic rings. The molecule has 9 nitrogen and oxygen atoms in total. The minimum Gasteiger partial charge on any atom is -0.508 e. The minimum atomic E-state index is -0.949. The molecule has 0 bridgehead atoms. The molecule has 0 radical (unpaired) electrons. The molecule has 1 saturated heterocycles. The second kappa shape index (κ2) is 12.1. The fourth-order valence-electron chi connectivity index (χ4n) is 7.89. The number of ether oxygens (including phenoxy) is 4. The molecule has 250 valence electrons. The van der Waals surface area contributed by atoms with Gasteiger partial charge in [-0.2, -0.15) is 0 Å². The van der Waals surface area contributed by atoms with E-state index in [4.69, 9.17) is 18.9 Å². The van der Waals surface area contributed by atoms with E-state index < -0.39 is 29.8 Å². The lowest BCUT2D eigenvalue weighted by molar-refractivity contribution is 0.00310. The molecule has 2 aliphatic heterocycles. The van der Waals surface area contributed by atoms with E-state index >= 15 is 0 Å². The molecule has 4 aromatic rings. The zero-order chi connectivity index (χ0) is 33.9. The van der Waals surface area contributed by atoms with Gasteiger partial charge < -0.3 is 44.5 Å². The number of phenolic OH excluding ortho intramolecular Hbond substituents is 4. The van der Waals surface area contributed by atoms with Crippen LogP contribution in [0.5, 0.6) is 34.5 Å². The van der Waals surface area contributed by atoms with Gasteiger partial charge >= 0.3 is 0 Å². The van der Waals surface area contributed by atoms with Gasteiger partial charge in [0, 0.05) is 5.41 Å². The Bertz CT molecular complexity index is 1920. The van der Waals surface area contributed by atoms with Gasteiger partial charge in [0.15, 0.2) is 23.0 Å². The SMILES string of the molecule is COc1ccc([C@@H]2O[C@H](c3ccc(O)c(C)c3)[C@@H](O)[C@]23CCC2=C(C3)[C@@H](c3ccc(O)c(OC)c3)O[C@H]2c2ccc(O)c(C)c2)cc1O. The fraction of sp³-hybridized carbons (Fsp3) is 0.333. The van der Waals surface area contributed by atoms with Gasteiger partial charge in [0.05, 0.1) is 26.4 Å². The number of aliphatic hydroxyl groups is 1. The van der Waals surface area contributed by atoms with Crippen molar-refractivity contribution in [3.05, 3.63) is 117 Å². The predicted octanol–water partition coefficient (Wildman–Crippen LogP) is 7.30. The molecule has 4 aromatic carbocycles. The van der Waals surface area contributed by atoms with E-state index in [2.05, 4.69) is 0 Å². The van der Waals surface area contributed by atoms with Gasteiger partial charge in [-0.1, -0.05) is 24.3 Å². The van der Waals surface area contributed by atoms with Gasteiger partial charge in [-0.3, -0.25) is 0 Å². The van der Waals surface area contributed by atoms with Gasteiger partial charge in [0.1, 0.15) is 29.8 Å². The van der Waals surface area contributed by atoms with Gasteiger partial charge in [-0.15, -0.1) is 0 Å². The Hall–Kier alpha value is -4.70. The van der Waals surface area contributed by atoms with Gasteiger partial charge in [0.25, 0.3) is 0 Å². The van der Waals surface area contributed by atoms with E-state index in [1.807, 2.05) is 44.2 Å².